The number of anilines is 1. The van der Waals surface area contributed by atoms with Gasteiger partial charge in [-0.3, -0.25) is 0 Å². The Morgan fingerprint density at radius 3 is 2.89 bits per heavy atom. The van der Waals surface area contributed by atoms with Crippen LogP contribution >= 0.6 is 0 Å². The van der Waals surface area contributed by atoms with Gasteiger partial charge in [0.25, 0.3) is 0 Å². The molecule has 0 spiro atoms. The van der Waals surface area contributed by atoms with Crippen molar-refractivity contribution in [3.63, 3.8) is 0 Å². The minimum Gasteiger partial charge on any atom is -0.395 e. The second-order valence-electron chi connectivity index (χ2n) is 5.42. The quantitative estimate of drug-likeness (QED) is 0.835. The SMILES string of the molecule is CC1CCc2ccccc2C1(C)c1nocc1N. The van der Waals surface area contributed by atoms with Gasteiger partial charge in [0.2, 0.25) is 0 Å². The summed E-state index contributed by atoms with van der Waals surface area (Å²) in [6.45, 7) is 4.49. The lowest BCUT2D eigenvalue weighted by molar-refractivity contribution is 0.302. The second-order valence-corrected chi connectivity index (χ2v) is 5.42. The second kappa shape index (κ2) is 3.87. The Balaban J connectivity index is 2.24. The van der Waals surface area contributed by atoms with E-state index in [0.29, 0.717) is 11.6 Å². The van der Waals surface area contributed by atoms with Crippen molar-refractivity contribution in [3.05, 3.63) is 47.3 Å². The minimum atomic E-state index is -0.147. The van der Waals surface area contributed by atoms with Crippen LogP contribution in [0.4, 0.5) is 5.69 Å². The number of benzene rings is 1. The van der Waals surface area contributed by atoms with E-state index < -0.39 is 0 Å². The predicted molar refractivity (Wildman–Crippen MR) is 71.3 cm³/mol. The van der Waals surface area contributed by atoms with E-state index in [1.54, 1.807) is 0 Å². The molecule has 3 rings (SSSR count). The molecule has 1 heterocycles. The van der Waals surface area contributed by atoms with Crippen LogP contribution in [0.25, 0.3) is 0 Å². The number of aromatic nitrogens is 1. The molecule has 0 saturated carbocycles. The van der Waals surface area contributed by atoms with Crippen LogP contribution in [0.1, 0.15) is 37.1 Å². The summed E-state index contributed by atoms with van der Waals surface area (Å²) in [7, 11) is 0. The van der Waals surface area contributed by atoms with Crippen LogP contribution < -0.4 is 5.73 Å². The molecule has 3 heteroatoms. The predicted octanol–water partition coefficient (Wildman–Crippen LogP) is 3.15. The van der Waals surface area contributed by atoms with Crippen molar-refractivity contribution in [1.82, 2.24) is 5.16 Å². The van der Waals surface area contributed by atoms with Gasteiger partial charge in [0, 0.05) is 5.41 Å². The van der Waals surface area contributed by atoms with Crippen molar-refractivity contribution < 1.29 is 4.52 Å². The molecular weight excluding hydrogens is 224 g/mol. The first-order valence-electron chi connectivity index (χ1n) is 6.42. The van der Waals surface area contributed by atoms with E-state index in [1.165, 1.54) is 17.4 Å². The summed E-state index contributed by atoms with van der Waals surface area (Å²) in [6.07, 6.45) is 3.81. The van der Waals surface area contributed by atoms with Gasteiger partial charge in [0.05, 0.1) is 5.69 Å². The monoisotopic (exact) mass is 242 g/mol. The molecule has 94 valence electrons. The summed E-state index contributed by atoms with van der Waals surface area (Å²) in [4.78, 5) is 0. The maximum atomic E-state index is 6.02. The first-order chi connectivity index (χ1) is 8.64. The Kier molecular flexibility index (Phi) is 2.44. The number of nitrogens with two attached hydrogens (primary N) is 1. The summed E-state index contributed by atoms with van der Waals surface area (Å²) >= 11 is 0. The number of fused-ring (bicyclic) bond motifs is 1. The van der Waals surface area contributed by atoms with Crippen LogP contribution in [0.3, 0.4) is 0 Å². The molecule has 0 radical (unpaired) electrons. The third-order valence-electron chi connectivity index (χ3n) is 4.50. The molecule has 1 aliphatic rings. The summed E-state index contributed by atoms with van der Waals surface area (Å²) < 4.78 is 5.05. The van der Waals surface area contributed by atoms with Crippen LogP contribution in [0.2, 0.25) is 0 Å². The lowest BCUT2D eigenvalue weighted by Crippen LogP contribution is -2.37. The molecule has 1 aliphatic carbocycles. The molecule has 2 N–H and O–H groups in total. The molecule has 1 aromatic carbocycles. The Hall–Kier alpha value is -1.77. The van der Waals surface area contributed by atoms with E-state index in [1.807, 2.05) is 0 Å². The van der Waals surface area contributed by atoms with Gasteiger partial charge in [-0.1, -0.05) is 36.3 Å². The number of hydrogen-bond donors (Lipinski definition) is 1. The zero-order valence-electron chi connectivity index (χ0n) is 10.8. The highest BCUT2D eigenvalue weighted by Gasteiger charge is 2.42. The molecule has 1 aromatic heterocycles. The molecule has 18 heavy (non-hydrogen) atoms. The van der Waals surface area contributed by atoms with Gasteiger partial charge in [0.1, 0.15) is 12.0 Å². The first-order valence-corrected chi connectivity index (χ1v) is 6.42. The molecular formula is C15H18N2O. The van der Waals surface area contributed by atoms with E-state index in [9.17, 15) is 0 Å². The summed E-state index contributed by atoms with van der Waals surface area (Å²) in [5, 5.41) is 4.16. The van der Waals surface area contributed by atoms with Crippen molar-refractivity contribution in [3.8, 4) is 0 Å². The highest BCUT2D eigenvalue weighted by Crippen LogP contribution is 2.46. The standard InChI is InChI=1S/C15H18N2O/c1-10-7-8-11-5-3-4-6-12(11)15(10,2)14-13(16)9-18-17-14/h3-6,9-10H,7-8,16H2,1-2H3. The van der Waals surface area contributed by atoms with Crippen molar-refractivity contribution in [2.24, 2.45) is 5.92 Å². The lowest BCUT2D eigenvalue weighted by Gasteiger charge is -2.40. The number of rotatable bonds is 1. The van der Waals surface area contributed by atoms with Gasteiger partial charge < -0.3 is 10.3 Å². The normalized spacial score (nSPS) is 26.9. The van der Waals surface area contributed by atoms with Crippen molar-refractivity contribution >= 4 is 5.69 Å². The van der Waals surface area contributed by atoms with Crippen LogP contribution in [0.15, 0.2) is 35.1 Å². The van der Waals surface area contributed by atoms with Crippen LogP contribution in [-0.2, 0) is 11.8 Å². The van der Waals surface area contributed by atoms with Crippen molar-refractivity contribution in [2.75, 3.05) is 5.73 Å². The Labute approximate surface area is 107 Å². The van der Waals surface area contributed by atoms with Crippen LogP contribution in [0.5, 0.6) is 0 Å². The Morgan fingerprint density at radius 1 is 1.39 bits per heavy atom. The largest absolute Gasteiger partial charge is 0.395 e. The maximum absolute atomic E-state index is 6.02. The molecule has 0 saturated heterocycles. The lowest BCUT2D eigenvalue weighted by atomic mass is 9.63. The minimum absolute atomic E-state index is 0.147. The van der Waals surface area contributed by atoms with E-state index in [2.05, 4.69) is 43.3 Å². The third-order valence-corrected chi connectivity index (χ3v) is 4.50. The van der Waals surface area contributed by atoms with Gasteiger partial charge in [-0.05, 0) is 36.8 Å². The van der Waals surface area contributed by atoms with E-state index in [4.69, 9.17) is 10.3 Å². The fourth-order valence-corrected chi connectivity index (χ4v) is 3.17. The molecule has 0 amide bonds. The number of nitrogens with zero attached hydrogens (tertiary/aromatic N) is 1. The number of nitrogen functional groups attached to an aromatic ring is 1. The number of aryl methyl sites for hydroxylation is 1. The van der Waals surface area contributed by atoms with Crippen molar-refractivity contribution in [1.29, 1.82) is 0 Å². The molecule has 3 nitrogen and oxygen atoms in total. The average molecular weight is 242 g/mol. The summed E-state index contributed by atoms with van der Waals surface area (Å²) in [6, 6.07) is 8.58. The molecule has 0 fully saturated rings. The molecule has 2 unspecified atom stereocenters. The molecule has 0 bridgehead atoms. The third kappa shape index (κ3) is 1.40. The van der Waals surface area contributed by atoms with Gasteiger partial charge in [-0.25, -0.2) is 0 Å². The summed E-state index contributed by atoms with van der Waals surface area (Å²) in [5.41, 5.74) is 10.1. The number of hydrogen-bond acceptors (Lipinski definition) is 3. The van der Waals surface area contributed by atoms with Crippen LogP contribution in [-0.4, -0.2) is 5.16 Å². The van der Waals surface area contributed by atoms with Gasteiger partial charge in [0.15, 0.2) is 0 Å². The molecule has 0 aliphatic heterocycles. The zero-order chi connectivity index (χ0) is 12.8. The van der Waals surface area contributed by atoms with Crippen molar-refractivity contribution in [2.45, 2.75) is 32.1 Å². The fourth-order valence-electron chi connectivity index (χ4n) is 3.17. The Bertz CT molecular complexity index is 575. The molecule has 2 aromatic rings. The van der Waals surface area contributed by atoms with E-state index >= 15 is 0 Å². The van der Waals surface area contributed by atoms with Crippen LogP contribution in [0, 0.1) is 5.92 Å². The van der Waals surface area contributed by atoms with Gasteiger partial charge >= 0.3 is 0 Å². The smallest absolute Gasteiger partial charge is 0.147 e. The first kappa shape index (κ1) is 11.3. The topological polar surface area (TPSA) is 52.0 Å². The molecule has 2 atom stereocenters. The van der Waals surface area contributed by atoms with Gasteiger partial charge in [-0.2, -0.15) is 0 Å². The van der Waals surface area contributed by atoms with Gasteiger partial charge in [-0.15, -0.1) is 0 Å². The maximum Gasteiger partial charge on any atom is 0.147 e. The van der Waals surface area contributed by atoms with E-state index in [0.717, 1.165) is 18.5 Å². The highest BCUT2D eigenvalue weighted by molar-refractivity contribution is 5.52. The van der Waals surface area contributed by atoms with E-state index in [-0.39, 0.29) is 5.41 Å². The highest BCUT2D eigenvalue weighted by atomic mass is 16.5. The zero-order valence-corrected chi connectivity index (χ0v) is 10.8. The average Bonchev–Trinajstić information content (AvgIpc) is 2.81. The fraction of sp³-hybridized carbons (Fsp3) is 0.400. The Morgan fingerprint density at radius 2 is 2.17 bits per heavy atom. The summed E-state index contributed by atoms with van der Waals surface area (Å²) in [5.74, 6) is 0.500.